The van der Waals surface area contributed by atoms with Gasteiger partial charge in [0.2, 0.25) is 5.95 Å². The van der Waals surface area contributed by atoms with Crippen molar-refractivity contribution in [2.45, 2.75) is 13.5 Å². The summed E-state index contributed by atoms with van der Waals surface area (Å²) in [6.45, 7) is 2.28. The minimum Gasteiger partial charge on any atom is -0.298 e. The van der Waals surface area contributed by atoms with Crippen molar-refractivity contribution in [2.24, 2.45) is 19.2 Å². The van der Waals surface area contributed by atoms with Crippen molar-refractivity contribution in [3.8, 4) is 0 Å². The second kappa shape index (κ2) is 8.43. The number of rotatable bonds is 5. The topological polar surface area (TPSA) is 86.2 Å². The van der Waals surface area contributed by atoms with E-state index in [1.807, 2.05) is 31.2 Å². The molecule has 0 bridgehead atoms. The van der Waals surface area contributed by atoms with Crippen molar-refractivity contribution in [1.82, 2.24) is 18.7 Å². The average molecular weight is 455 g/mol. The molecule has 0 saturated heterocycles. The summed E-state index contributed by atoms with van der Waals surface area (Å²) in [5, 5.41) is 4.28. The van der Waals surface area contributed by atoms with Gasteiger partial charge in [-0.1, -0.05) is 47.5 Å². The molecule has 2 heterocycles. The van der Waals surface area contributed by atoms with Crippen molar-refractivity contribution in [1.29, 1.82) is 0 Å². The Labute approximate surface area is 187 Å². The molecule has 0 aliphatic rings. The Bertz CT molecular complexity index is 1460. The lowest BCUT2D eigenvalue weighted by Gasteiger charge is -2.10. The summed E-state index contributed by atoms with van der Waals surface area (Å²) in [6.07, 6.45) is 1.24. The van der Waals surface area contributed by atoms with Crippen LogP contribution in [0, 0.1) is 12.7 Å². The summed E-state index contributed by atoms with van der Waals surface area (Å²) in [5.41, 5.74) is 4.38. The Morgan fingerprint density at radius 3 is 2.62 bits per heavy atom. The normalized spacial score (nSPS) is 11.5. The van der Waals surface area contributed by atoms with Crippen molar-refractivity contribution in [2.75, 3.05) is 5.43 Å². The van der Waals surface area contributed by atoms with Crippen molar-refractivity contribution in [3.05, 3.63) is 90.8 Å². The molecule has 0 spiro atoms. The van der Waals surface area contributed by atoms with E-state index in [1.165, 1.54) is 30.0 Å². The van der Waals surface area contributed by atoms with Gasteiger partial charge < -0.3 is 0 Å². The van der Waals surface area contributed by atoms with Crippen molar-refractivity contribution < 1.29 is 4.39 Å². The molecule has 32 heavy (non-hydrogen) atoms. The molecule has 2 aromatic heterocycles. The summed E-state index contributed by atoms with van der Waals surface area (Å²) in [6, 6.07) is 12.1. The van der Waals surface area contributed by atoms with E-state index in [1.54, 1.807) is 17.7 Å². The number of anilines is 1. The fourth-order valence-corrected chi connectivity index (χ4v) is 3.68. The van der Waals surface area contributed by atoms with Gasteiger partial charge in [-0.15, -0.1) is 0 Å². The average Bonchev–Trinajstić information content (AvgIpc) is 3.11. The first-order valence-electron chi connectivity index (χ1n) is 9.73. The summed E-state index contributed by atoms with van der Waals surface area (Å²) in [7, 11) is 2.96. The van der Waals surface area contributed by atoms with Crippen LogP contribution in [0.15, 0.2) is 57.2 Å². The van der Waals surface area contributed by atoms with Crippen LogP contribution >= 0.6 is 11.6 Å². The first-order chi connectivity index (χ1) is 15.3. The van der Waals surface area contributed by atoms with E-state index in [9.17, 15) is 14.0 Å². The Balaban J connectivity index is 1.85. The number of imidazole rings is 1. The van der Waals surface area contributed by atoms with Crippen molar-refractivity contribution >= 4 is 34.9 Å². The molecule has 0 unspecified atom stereocenters. The summed E-state index contributed by atoms with van der Waals surface area (Å²) < 4.78 is 18.0. The van der Waals surface area contributed by atoms with Crippen LogP contribution < -0.4 is 16.7 Å². The van der Waals surface area contributed by atoms with Gasteiger partial charge >= 0.3 is 5.69 Å². The van der Waals surface area contributed by atoms with Gasteiger partial charge in [0.1, 0.15) is 5.82 Å². The lowest BCUT2D eigenvalue weighted by atomic mass is 10.1. The van der Waals surface area contributed by atoms with E-state index in [2.05, 4.69) is 15.5 Å². The lowest BCUT2D eigenvalue weighted by molar-refractivity contribution is 0.626. The molecule has 2 aromatic carbocycles. The Morgan fingerprint density at radius 2 is 1.91 bits per heavy atom. The minimum atomic E-state index is -0.521. The van der Waals surface area contributed by atoms with Crippen LogP contribution in [0.4, 0.5) is 10.3 Å². The van der Waals surface area contributed by atoms with Crippen molar-refractivity contribution in [3.63, 3.8) is 0 Å². The largest absolute Gasteiger partial charge is 0.332 e. The van der Waals surface area contributed by atoms with Gasteiger partial charge in [-0.25, -0.2) is 14.6 Å². The van der Waals surface area contributed by atoms with Gasteiger partial charge in [-0.05, 0) is 24.6 Å². The minimum absolute atomic E-state index is 0.117. The second-order valence-electron chi connectivity index (χ2n) is 7.39. The number of fused-ring (bicyclic) bond motifs is 1. The van der Waals surface area contributed by atoms with Gasteiger partial charge in [0.05, 0.1) is 17.8 Å². The standard InChI is InChI=1S/C22H20ClFN6O2/c1-13-6-4-7-14(10-13)12-30-18-19(28(2)22(32)29(3)20(18)31)26-21(30)27-25-11-15-16(23)8-5-9-17(15)24/h4-11H,12H2,1-3H3,(H,26,27)/b25-11-. The highest BCUT2D eigenvalue weighted by atomic mass is 35.5. The number of aryl methyl sites for hydroxylation is 2. The second-order valence-corrected chi connectivity index (χ2v) is 7.80. The number of nitrogens with one attached hydrogen (secondary N) is 1. The number of nitrogens with zero attached hydrogens (tertiary/aromatic N) is 5. The zero-order chi connectivity index (χ0) is 23.0. The molecule has 0 atom stereocenters. The molecule has 0 fully saturated rings. The van der Waals surface area contributed by atoms with Gasteiger partial charge in [0, 0.05) is 19.7 Å². The first kappa shape index (κ1) is 21.5. The van der Waals surface area contributed by atoms with Gasteiger partial charge in [-0.2, -0.15) is 10.1 Å². The van der Waals surface area contributed by atoms with E-state index >= 15 is 0 Å². The highest BCUT2D eigenvalue weighted by molar-refractivity contribution is 6.33. The molecule has 8 nitrogen and oxygen atoms in total. The highest BCUT2D eigenvalue weighted by Gasteiger charge is 2.19. The number of benzene rings is 2. The third-order valence-corrected chi connectivity index (χ3v) is 5.46. The molecule has 0 aliphatic heterocycles. The van der Waals surface area contributed by atoms with Crippen LogP contribution in [0.5, 0.6) is 0 Å². The molecule has 0 saturated carbocycles. The van der Waals surface area contributed by atoms with E-state index in [4.69, 9.17) is 11.6 Å². The van der Waals surface area contributed by atoms with Crippen LogP contribution in [0.3, 0.4) is 0 Å². The number of hydrogen-bond acceptors (Lipinski definition) is 5. The quantitative estimate of drug-likeness (QED) is 0.371. The molecular weight excluding hydrogens is 435 g/mol. The van der Waals surface area contributed by atoms with E-state index in [0.717, 1.165) is 15.7 Å². The van der Waals surface area contributed by atoms with Gasteiger partial charge in [0.15, 0.2) is 11.2 Å². The van der Waals surface area contributed by atoms with Crippen LogP contribution in [0.25, 0.3) is 11.2 Å². The molecule has 0 amide bonds. The maximum atomic E-state index is 14.0. The summed E-state index contributed by atoms with van der Waals surface area (Å²) in [5.74, 6) is -0.295. The first-order valence-corrected chi connectivity index (χ1v) is 10.1. The summed E-state index contributed by atoms with van der Waals surface area (Å²) in [4.78, 5) is 29.7. The third-order valence-electron chi connectivity index (χ3n) is 5.13. The molecule has 1 N–H and O–H groups in total. The van der Waals surface area contributed by atoms with E-state index in [-0.39, 0.29) is 27.7 Å². The van der Waals surface area contributed by atoms with E-state index < -0.39 is 17.1 Å². The van der Waals surface area contributed by atoms with Crippen LogP contribution in [-0.4, -0.2) is 24.9 Å². The monoisotopic (exact) mass is 454 g/mol. The Hall–Kier alpha value is -3.72. The zero-order valence-corrected chi connectivity index (χ0v) is 18.4. The Kier molecular flexibility index (Phi) is 5.67. The number of hydrazone groups is 1. The predicted molar refractivity (Wildman–Crippen MR) is 123 cm³/mol. The highest BCUT2D eigenvalue weighted by Crippen LogP contribution is 2.20. The molecule has 164 valence electrons. The molecule has 4 rings (SSSR count). The smallest absolute Gasteiger partial charge is 0.298 e. The number of hydrogen-bond donors (Lipinski definition) is 1. The van der Waals surface area contributed by atoms with Crippen LogP contribution in [0.2, 0.25) is 5.02 Å². The SMILES string of the molecule is Cc1cccc(Cn2c(N/N=C\c3c(F)cccc3Cl)nc3c2c(=O)n(C)c(=O)n3C)c1. The Morgan fingerprint density at radius 1 is 1.16 bits per heavy atom. The molecule has 10 heteroatoms. The van der Waals surface area contributed by atoms with Gasteiger partial charge in [0.25, 0.3) is 5.56 Å². The van der Waals surface area contributed by atoms with Gasteiger partial charge in [-0.3, -0.25) is 18.5 Å². The lowest BCUT2D eigenvalue weighted by Crippen LogP contribution is -2.37. The number of aromatic nitrogens is 4. The molecule has 0 radical (unpaired) electrons. The summed E-state index contributed by atoms with van der Waals surface area (Å²) >= 11 is 6.04. The fourth-order valence-electron chi connectivity index (χ4n) is 3.47. The zero-order valence-electron chi connectivity index (χ0n) is 17.6. The van der Waals surface area contributed by atoms with Crippen LogP contribution in [-0.2, 0) is 20.6 Å². The fraction of sp³-hybridized carbons (Fsp3) is 0.182. The molecular formula is C22H20ClFN6O2. The molecule has 4 aromatic rings. The molecule has 0 aliphatic carbocycles. The number of halogens is 2. The predicted octanol–water partition coefficient (Wildman–Crippen LogP) is 3.03. The maximum absolute atomic E-state index is 14.0. The third kappa shape index (κ3) is 3.82. The van der Waals surface area contributed by atoms with Crippen LogP contribution in [0.1, 0.15) is 16.7 Å². The van der Waals surface area contributed by atoms with E-state index in [0.29, 0.717) is 6.54 Å². The maximum Gasteiger partial charge on any atom is 0.332 e.